The van der Waals surface area contributed by atoms with Crippen molar-refractivity contribution in [1.29, 1.82) is 0 Å². The lowest BCUT2D eigenvalue weighted by Gasteiger charge is -2.33. The zero-order valence-corrected chi connectivity index (χ0v) is 18.5. The maximum Gasteiger partial charge on any atom is 0.228 e. The first-order valence-electron chi connectivity index (χ1n) is 10.8. The minimum Gasteiger partial charge on any atom is -0.494 e. The SMILES string of the molecule is CCOc1ccc(COC)cc1CN1CCO[C@H](c2cccc(Nc3ncccn3)n2)C1. The largest absolute Gasteiger partial charge is 0.494 e. The fraction of sp³-hybridized carbons (Fsp3) is 0.375. The lowest BCUT2D eigenvalue weighted by Crippen LogP contribution is -2.38. The van der Waals surface area contributed by atoms with E-state index in [-0.39, 0.29) is 6.10 Å². The van der Waals surface area contributed by atoms with E-state index in [0.717, 1.165) is 42.2 Å². The summed E-state index contributed by atoms with van der Waals surface area (Å²) in [5.74, 6) is 2.13. The predicted molar refractivity (Wildman–Crippen MR) is 122 cm³/mol. The van der Waals surface area contributed by atoms with Gasteiger partial charge in [-0.15, -0.1) is 0 Å². The molecule has 2 aromatic heterocycles. The number of benzene rings is 1. The van der Waals surface area contributed by atoms with Gasteiger partial charge in [-0.25, -0.2) is 15.0 Å². The number of methoxy groups -OCH3 is 1. The van der Waals surface area contributed by atoms with E-state index >= 15 is 0 Å². The van der Waals surface area contributed by atoms with Gasteiger partial charge in [-0.05, 0) is 42.8 Å². The number of pyridine rings is 1. The number of ether oxygens (including phenoxy) is 3. The third-order valence-corrected chi connectivity index (χ3v) is 5.19. The number of nitrogens with zero attached hydrogens (tertiary/aromatic N) is 4. The van der Waals surface area contributed by atoms with Crippen LogP contribution in [-0.4, -0.2) is 53.3 Å². The van der Waals surface area contributed by atoms with E-state index < -0.39 is 0 Å². The Hall–Kier alpha value is -3.07. The Morgan fingerprint density at radius 2 is 2.03 bits per heavy atom. The molecule has 1 aromatic carbocycles. The van der Waals surface area contributed by atoms with Crippen molar-refractivity contribution in [3.63, 3.8) is 0 Å². The van der Waals surface area contributed by atoms with Gasteiger partial charge >= 0.3 is 0 Å². The van der Waals surface area contributed by atoms with Crippen molar-refractivity contribution in [3.05, 3.63) is 71.7 Å². The normalized spacial score (nSPS) is 16.6. The molecule has 1 fully saturated rings. The maximum atomic E-state index is 6.06. The second kappa shape index (κ2) is 11.0. The smallest absolute Gasteiger partial charge is 0.228 e. The highest BCUT2D eigenvalue weighted by molar-refractivity contribution is 5.47. The van der Waals surface area contributed by atoms with Crippen LogP contribution < -0.4 is 10.1 Å². The van der Waals surface area contributed by atoms with Crippen molar-refractivity contribution >= 4 is 11.8 Å². The number of aromatic nitrogens is 3. The van der Waals surface area contributed by atoms with Crippen molar-refractivity contribution in [2.24, 2.45) is 0 Å². The average molecular weight is 436 g/mol. The zero-order chi connectivity index (χ0) is 22.2. The average Bonchev–Trinajstić information content (AvgIpc) is 2.82. The van der Waals surface area contributed by atoms with Crippen LogP contribution >= 0.6 is 0 Å². The maximum absolute atomic E-state index is 6.06. The molecule has 3 heterocycles. The highest BCUT2D eigenvalue weighted by atomic mass is 16.5. The lowest BCUT2D eigenvalue weighted by molar-refractivity contribution is -0.0351. The van der Waals surface area contributed by atoms with E-state index in [1.165, 1.54) is 0 Å². The van der Waals surface area contributed by atoms with Crippen molar-refractivity contribution in [2.45, 2.75) is 26.2 Å². The summed E-state index contributed by atoms with van der Waals surface area (Å²) < 4.78 is 17.2. The molecular formula is C24H29N5O3. The van der Waals surface area contributed by atoms with Crippen LogP contribution in [0.15, 0.2) is 54.9 Å². The number of anilines is 2. The number of morpholine rings is 1. The fourth-order valence-electron chi connectivity index (χ4n) is 3.75. The van der Waals surface area contributed by atoms with Gasteiger partial charge in [0.2, 0.25) is 5.95 Å². The van der Waals surface area contributed by atoms with Crippen molar-refractivity contribution in [2.75, 3.05) is 38.7 Å². The van der Waals surface area contributed by atoms with Crippen LogP contribution in [0, 0.1) is 0 Å². The molecule has 0 amide bonds. The summed E-state index contributed by atoms with van der Waals surface area (Å²) in [5.41, 5.74) is 3.18. The summed E-state index contributed by atoms with van der Waals surface area (Å²) in [5, 5.41) is 3.14. The summed E-state index contributed by atoms with van der Waals surface area (Å²) in [6.45, 7) is 6.25. The van der Waals surface area contributed by atoms with Crippen molar-refractivity contribution in [1.82, 2.24) is 19.9 Å². The Morgan fingerprint density at radius 3 is 2.84 bits per heavy atom. The molecule has 0 saturated carbocycles. The van der Waals surface area contributed by atoms with E-state index in [0.29, 0.717) is 31.6 Å². The van der Waals surface area contributed by atoms with Gasteiger partial charge in [0, 0.05) is 44.7 Å². The molecule has 0 spiro atoms. The van der Waals surface area contributed by atoms with Gasteiger partial charge in [-0.3, -0.25) is 4.90 Å². The topological polar surface area (TPSA) is 81.6 Å². The van der Waals surface area contributed by atoms with E-state index in [2.05, 4.69) is 32.3 Å². The van der Waals surface area contributed by atoms with Gasteiger partial charge in [0.05, 0.1) is 25.5 Å². The molecule has 8 nitrogen and oxygen atoms in total. The Balaban J connectivity index is 1.46. The first-order valence-corrected chi connectivity index (χ1v) is 10.8. The molecule has 0 radical (unpaired) electrons. The molecule has 1 atom stereocenters. The third-order valence-electron chi connectivity index (χ3n) is 5.19. The molecule has 32 heavy (non-hydrogen) atoms. The molecule has 3 aromatic rings. The minimum atomic E-state index is -0.111. The summed E-state index contributed by atoms with van der Waals surface area (Å²) in [7, 11) is 1.71. The van der Waals surface area contributed by atoms with Gasteiger partial charge in [0.25, 0.3) is 0 Å². The Bertz CT molecular complexity index is 1000. The number of rotatable bonds is 9. The minimum absolute atomic E-state index is 0.111. The molecular weight excluding hydrogens is 406 g/mol. The molecule has 4 rings (SSSR count). The molecule has 8 heteroatoms. The first-order chi connectivity index (χ1) is 15.7. The monoisotopic (exact) mass is 435 g/mol. The van der Waals surface area contributed by atoms with Crippen LogP contribution in [0.3, 0.4) is 0 Å². The summed E-state index contributed by atoms with van der Waals surface area (Å²) in [6.07, 6.45) is 3.28. The second-order valence-corrected chi connectivity index (χ2v) is 7.55. The van der Waals surface area contributed by atoms with Crippen LogP contribution in [0.4, 0.5) is 11.8 Å². The number of hydrogen-bond acceptors (Lipinski definition) is 8. The standard InChI is InChI=1S/C24H29N5O3/c1-3-31-21-9-8-18(17-30-2)14-19(21)15-29-12-13-32-22(16-29)20-6-4-7-23(27-20)28-24-25-10-5-11-26-24/h4-11,14,22H,3,12-13,15-17H2,1-2H3,(H,25,26,27,28)/t22-/m0/s1. The molecule has 1 N–H and O–H groups in total. The van der Waals surface area contributed by atoms with Gasteiger partial charge < -0.3 is 19.5 Å². The van der Waals surface area contributed by atoms with Gasteiger partial charge in [-0.1, -0.05) is 12.1 Å². The van der Waals surface area contributed by atoms with Gasteiger partial charge in [0.15, 0.2) is 0 Å². The Morgan fingerprint density at radius 1 is 1.16 bits per heavy atom. The van der Waals surface area contributed by atoms with Crippen LogP contribution in [-0.2, 0) is 22.6 Å². The molecule has 168 valence electrons. The highest BCUT2D eigenvalue weighted by Crippen LogP contribution is 2.27. The summed E-state index contributed by atoms with van der Waals surface area (Å²) in [6, 6.07) is 13.9. The summed E-state index contributed by atoms with van der Waals surface area (Å²) in [4.78, 5) is 15.5. The van der Waals surface area contributed by atoms with E-state index in [4.69, 9.17) is 19.2 Å². The van der Waals surface area contributed by atoms with Crippen LogP contribution in [0.5, 0.6) is 5.75 Å². The number of hydrogen-bond donors (Lipinski definition) is 1. The second-order valence-electron chi connectivity index (χ2n) is 7.55. The molecule has 0 aliphatic carbocycles. The van der Waals surface area contributed by atoms with Crippen molar-refractivity contribution in [3.8, 4) is 5.75 Å². The van der Waals surface area contributed by atoms with Crippen LogP contribution in [0.25, 0.3) is 0 Å². The van der Waals surface area contributed by atoms with E-state index in [1.807, 2.05) is 31.2 Å². The zero-order valence-electron chi connectivity index (χ0n) is 18.5. The van der Waals surface area contributed by atoms with E-state index in [1.54, 1.807) is 25.6 Å². The predicted octanol–water partition coefficient (Wildman–Crippen LogP) is 3.73. The Kier molecular flexibility index (Phi) is 7.60. The Labute approximate surface area is 188 Å². The van der Waals surface area contributed by atoms with Gasteiger partial charge in [0.1, 0.15) is 17.7 Å². The molecule has 0 unspecified atom stereocenters. The fourth-order valence-corrected chi connectivity index (χ4v) is 3.75. The quantitative estimate of drug-likeness (QED) is 0.544. The van der Waals surface area contributed by atoms with Crippen LogP contribution in [0.2, 0.25) is 0 Å². The van der Waals surface area contributed by atoms with Crippen molar-refractivity contribution < 1.29 is 14.2 Å². The van der Waals surface area contributed by atoms with Gasteiger partial charge in [-0.2, -0.15) is 0 Å². The first kappa shape index (κ1) is 22.1. The number of nitrogens with one attached hydrogen (secondary N) is 1. The molecule has 1 aliphatic rings. The molecule has 0 bridgehead atoms. The van der Waals surface area contributed by atoms with E-state index in [9.17, 15) is 0 Å². The highest BCUT2D eigenvalue weighted by Gasteiger charge is 2.24. The molecule has 1 aliphatic heterocycles. The lowest BCUT2D eigenvalue weighted by atomic mass is 10.1. The third kappa shape index (κ3) is 5.79. The summed E-state index contributed by atoms with van der Waals surface area (Å²) >= 11 is 0. The van der Waals surface area contributed by atoms with Crippen LogP contribution in [0.1, 0.15) is 29.8 Å². The molecule has 1 saturated heterocycles.